The Labute approximate surface area is 92.3 Å². The molecule has 1 heterocycles. The Bertz CT molecular complexity index is 269. The van der Waals surface area contributed by atoms with Crippen molar-refractivity contribution >= 4 is 0 Å². The molecule has 1 aromatic rings. The highest BCUT2D eigenvalue weighted by molar-refractivity contribution is 5.04. The van der Waals surface area contributed by atoms with E-state index in [9.17, 15) is 0 Å². The highest BCUT2D eigenvalue weighted by atomic mass is 15.0. The van der Waals surface area contributed by atoms with Crippen molar-refractivity contribution in [3.05, 3.63) is 23.8 Å². The van der Waals surface area contributed by atoms with E-state index in [1.807, 2.05) is 19.3 Å². The first kappa shape index (κ1) is 12.1. The SMILES string of the molecule is CCCNC(CCC)c1ncc(C)cn1. The highest BCUT2D eigenvalue weighted by Gasteiger charge is 2.11. The normalized spacial score (nSPS) is 12.7. The molecule has 0 spiro atoms. The zero-order chi connectivity index (χ0) is 11.1. The average Bonchev–Trinajstić information content (AvgIpc) is 2.25. The van der Waals surface area contributed by atoms with Gasteiger partial charge in [-0.05, 0) is 31.9 Å². The van der Waals surface area contributed by atoms with Crippen LogP contribution in [0.2, 0.25) is 0 Å². The first-order valence-electron chi connectivity index (χ1n) is 5.79. The lowest BCUT2D eigenvalue weighted by atomic mass is 10.1. The van der Waals surface area contributed by atoms with E-state index in [4.69, 9.17) is 0 Å². The zero-order valence-electron chi connectivity index (χ0n) is 9.95. The Morgan fingerprint density at radius 2 is 1.87 bits per heavy atom. The van der Waals surface area contributed by atoms with Gasteiger partial charge in [0, 0.05) is 12.4 Å². The van der Waals surface area contributed by atoms with Gasteiger partial charge < -0.3 is 5.32 Å². The molecule has 0 saturated heterocycles. The molecule has 0 saturated carbocycles. The molecule has 1 unspecified atom stereocenters. The van der Waals surface area contributed by atoms with Gasteiger partial charge in [0.25, 0.3) is 0 Å². The van der Waals surface area contributed by atoms with Crippen LogP contribution in [-0.2, 0) is 0 Å². The maximum atomic E-state index is 4.38. The van der Waals surface area contributed by atoms with Crippen LogP contribution < -0.4 is 5.32 Å². The van der Waals surface area contributed by atoms with Crippen molar-refractivity contribution in [2.45, 2.75) is 46.1 Å². The third kappa shape index (κ3) is 3.96. The maximum Gasteiger partial charge on any atom is 0.145 e. The fourth-order valence-electron chi connectivity index (χ4n) is 1.51. The van der Waals surface area contributed by atoms with Gasteiger partial charge in [0.1, 0.15) is 5.82 Å². The fourth-order valence-corrected chi connectivity index (χ4v) is 1.51. The lowest BCUT2D eigenvalue weighted by Crippen LogP contribution is -2.23. The van der Waals surface area contributed by atoms with Gasteiger partial charge in [-0.1, -0.05) is 20.3 Å². The lowest BCUT2D eigenvalue weighted by molar-refractivity contribution is 0.471. The van der Waals surface area contributed by atoms with Crippen LogP contribution in [0.1, 0.15) is 50.5 Å². The van der Waals surface area contributed by atoms with Gasteiger partial charge in [-0.15, -0.1) is 0 Å². The average molecular weight is 207 g/mol. The minimum Gasteiger partial charge on any atom is -0.307 e. The van der Waals surface area contributed by atoms with Gasteiger partial charge in [0.15, 0.2) is 0 Å². The molecule has 1 atom stereocenters. The number of aromatic nitrogens is 2. The standard InChI is InChI=1S/C12H21N3/c1-4-6-11(13-7-5-2)12-14-8-10(3)9-15-12/h8-9,11,13H,4-7H2,1-3H3. The summed E-state index contributed by atoms with van der Waals surface area (Å²) in [5.74, 6) is 0.927. The number of rotatable bonds is 6. The minimum absolute atomic E-state index is 0.315. The monoisotopic (exact) mass is 207 g/mol. The summed E-state index contributed by atoms with van der Waals surface area (Å²) in [5.41, 5.74) is 1.12. The third-order valence-corrected chi connectivity index (χ3v) is 2.33. The van der Waals surface area contributed by atoms with E-state index >= 15 is 0 Å². The summed E-state index contributed by atoms with van der Waals surface area (Å²) in [4.78, 5) is 8.75. The van der Waals surface area contributed by atoms with Crippen LogP contribution in [0.25, 0.3) is 0 Å². The van der Waals surface area contributed by atoms with Crippen LogP contribution in [0.5, 0.6) is 0 Å². The van der Waals surface area contributed by atoms with Gasteiger partial charge >= 0.3 is 0 Å². The molecule has 1 rings (SSSR count). The molecular formula is C12H21N3. The van der Waals surface area contributed by atoms with E-state index < -0.39 is 0 Å². The van der Waals surface area contributed by atoms with Crippen molar-refractivity contribution in [1.82, 2.24) is 15.3 Å². The second-order valence-corrected chi connectivity index (χ2v) is 3.91. The van der Waals surface area contributed by atoms with E-state index in [1.165, 1.54) is 0 Å². The van der Waals surface area contributed by atoms with Crippen molar-refractivity contribution in [1.29, 1.82) is 0 Å². The first-order valence-corrected chi connectivity index (χ1v) is 5.79. The molecule has 0 aliphatic carbocycles. The van der Waals surface area contributed by atoms with Gasteiger partial charge in [0.05, 0.1) is 6.04 Å². The number of aryl methyl sites for hydroxylation is 1. The molecule has 0 bridgehead atoms. The predicted molar refractivity (Wildman–Crippen MR) is 62.7 cm³/mol. The van der Waals surface area contributed by atoms with Gasteiger partial charge in [0.2, 0.25) is 0 Å². The molecule has 0 fully saturated rings. The second kappa shape index (κ2) is 6.51. The van der Waals surface area contributed by atoms with E-state index in [0.29, 0.717) is 6.04 Å². The minimum atomic E-state index is 0.315. The summed E-state index contributed by atoms with van der Waals surface area (Å²) in [6.45, 7) is 7.40. The molecule has 0 aliphatic rings. The topological polar surface area (TPSA) is 37.8 Å². The summed E-state index contributed by atoms with van der Waals surface area (Å²) in [6.07, 6.45) is 7.17. The van der Waals surface area contributed by atoms with E-state index in [2.05, 4.69) is 29.1 Å². The summed E-state index contributed by atoms with van der Waals surface area (Å²) in [5, 5.41) is 3.48. The molecular weight excluding hydrogens is 186 g/mol. The summed E-state index contributed by atoms with van der Waals surface area (Å²) in [7, 11) is 0. The van der Waals surface area contributed by atoms with Crippen LogP contribution in [0, 0.1) is 6.92 Å². The van der Waals surface area contributed by atoms with Crippen molar-refractivity contribution < 1.29 is 0 Å². The Morgan fingerprint density at radius 1 is 1.20 bits per heavy atom. The van der Waals surface area contributed by atoms with Crippen LogP contribution in [0.3, 0.4) is 0 Å². The number of hydrogen-bond acceptors (Lipinski definition) is 3. The summed E-state index contributed by atoms with van der Waals surface area (Å²) in [6, 6.07) is 0.315. The van der Waals surface area contributed by atoms with Crippen molar-refractivity contribution in [3.8, 4) is 0 Å². The molecule has 15 heavy (non-hydrogen) atoms. The largest absolute Gasteiger partial charge is 0.307 e. The Morgan fingerprint density at radius 3 is 2.40 bits per heavy atom. The second-order valence-electron chi connectivity index (χ2n) is 3.91. The van der Waals surface area contributed by atoms with Gasteiger partial charge in [-0.25, -0.2) is 9.97 Å². The quantitative estimate of drug-likeness (QED) is 0.779. The molecule has 0 amide bonds. The zero-order valence-corrected chi connectivity index (χ0v) is 9.95. The number of nitrogens with zero attached hydrogens (tertiary/aromatic N) is 2. The van der Waals surface area contributed by atoms with Gasteiger partial charge in [-0.3, -0.25) is 0 Å². The summed E-state index contributed by atoms with van der Waals surface area (Å²) >= 11 is 0. The molecule has 3 nitrogen and oxygen atoms in total. The molecule has 84 valence electrons. The first-order chi connectivity index (χ1) is 7.27. The lowest BCUT2D eigenvalue weighted by Gasteiger charge is -2.16. The van der Waals surface area contributed by atoms with Crippen molar-refractivity contribution in [2.75, 3.05) is 6.54 Å². The van der Waals surface area contributed by atoms with Crippen molar-refractivity contribution in [2.24, 2.45) is 0 Å². The van der Waals surface area contributed by atoms with Crippen LogP contribution in [-0.4, -0.2) is 16.5 Å². The Kier molecular flexibility index (Phi) is 5.26. The predicted octanol–water partition coefficient (Wildman–Crippen LogP) is 2.63. The summed E-state index contributed by atoms with van der Waals surface area (Å²) < 4.78 is 0. The van der Waals surface area contributed by atoms with Crippen molar-refractivity contribution in [3.63, 3.8) is 0 Å². The fraction of sp³-hybridized carbons (Fsp3) is 0.667. The highest BCUT2D eigenvalue weighted by Crippen LogP contribution is 2.13. The smallest absolute Gasteiger partial charge is 0.145 e. The van der Waals surface area contributed by atoms with E-state index in [1.54, 1.807) is 0 Å². The third-order valence-electron chi connectivity index (χ3n) is 2.33. The van der Waals surface area contributed by atoms with Crippen LogP contribution in [0.4, 0.5) is 0 Å². The maximum absolute atomic E-state index is 4.38. The molecule has 0 aliphatic heterocycles. The molecule has 3 heteroatoms. The number of nitrogens with one attached hydrogen (secondary N) is 1. The number of hydrogen-bond donors (Lipinski definition) is 1. The van der Waals surface area contributed by atoms with E-state index in [-0.39, 0.29) is 0 Å². The van der Waals surface area contributed by atoms with Crippen LogP contribution >= 0.6 is 0 Å². The van der Waals surface area contributed by atoms with Gasteiger partial charge in [-0.2, -0.15) is 0 Å². The molecule has 0 aromatic carbocycles. The Balaban J connectivity index is 2.65. The van der Waals surface area contributed by atoms with E-state index in [0.717, 1.165) is 37.2 Å². The molecule has 0 radical (unpaired) electrons. The Hall–Kier alpha value is -0.960. The molecule has 1 N–H and O–H groups in total. The molecule has 1 aromatic heterocycles. The van der Waals surface area contributed by atoms with Crippen LogP contribution in [0.15, 0.2) is 12.4 Å².